The Labute approximate surface area is 187 Å². The monoisotopic (exact) mass is 438 g/mol. The molecule has 3 heterocycles. The molecule has 1 unspecified atom stereocenters. The Morgan fingerprint density at radius 2 is 1.87 bits per heavy atom. The summed E-state index contributed by atoms with van der Waals surface area (Å²) in [7, 11) is 0. The lowest BCUT2D eigenvalue weighted by Gasteiger charge is -2.44. The molecule has 31 heavy (non-hydrogen) atoms. The molecule has 162 valence electrons. The molecule has 3 aromatic rings. The van der Waals surface area contributed by atoms with E-state index in [-0.39, 0.29) is 10.6 Å². The maximum Gasteiger partial charge on any atom is 0.271 e. The number of rotatable bonds is 5. The molecule has 2 aliphatic rings. The molecule has 2 aromatic carbocycles. The molecule has 5 rings (SSSR count). The summed E-state index contributed by atoms with van der Waals surface area (Å²) in [6.45, 7) is 3.35. The van der Waals surface area contributed by atoms with Crippen molar-refractivity contribution in [3.63, 3.8) is 0 Å². The Morgan fingerprint density at radius 1 is 1.06 bits per heavy atom. The van der Waals surface area contributed by atoms with Gasteiger partial charge in [-0.2, -0.15) is 0 Å². The van der Waals surface area contributed by atoms with Crippen LogP contribution in [0.3, 0.4) is 0 Å². The zero-order chi connectivity index (χ0) is 21.4. The summed E-state index contributed by atoms with van der Waals surface area (Å²) in [5.74, 6) is 1.55. The van der Waals surface area contributed by atoms with E-state index < -0.39 is 0 Å². The summed E-state index contributed by atoms with van der Waals surface area (Å²) < 4.78 is 2.32. The van der Waals surface area contributed by atoms with Crippen LogP contribution in [-0.2, 0) is 13.0 Å². The number of aromatic nitrogens is 2. The average molecular weight is 439 g/mol. The van der Waals surface area contributed by atoms with E-state index in [2.05, 4.69) is 9.47 Å². The fourth-order valence-electron chi connectivity index (χ4n) is 5.43. The second-order valence-corrected chi connectivity index (χ2v) is 9.31. The highest BCUT2D eigenvalue weighted by molar-refractivity contribution is 6.30. The van der Waals surface area contributed by atoms with Crippen LogP contribution in [-0.4, -0.2) is 38.5 Å². The Bertz CT molecular complexity index is 1090. The van der Waals surface area contributed by atoms with Crippen LogP contribution in [0.25, 0.3) is 11.0 Å². The van der Waals surface area contributed by atoms with Crippen molar-refractivity contribution < 1.29 is 4.92 Å². The number of imidazole rings is 1. The SMILES string of the molecule is O=[N+]([O-])c1ccc2c(c1)nc(Cc1ccc(Cl)cc1)n2C[C@@H]1CCCN2CCCCC12. The maximum atomic E-state index is 11.3. The first-order chi connectivity index (χ1) is 15.1. The standard InChI is InChI=1S/C24H27ClN4O2/c25-19-8-6-17(7-9-19)14-24-26-21-15-20(29(30)31)10-11-23(21)28(24)16-18-4-3-13-27-12-2-1-5-22(18)27/h6-11,15,18,22H,1-5,12-14,16H2/t18-,22?/m0/s1. The minimum Gasteiger partial charge on any atom is -0.327 e. The Hall–Kier alpha value is -2.44. The van der Waals surface area contributed by atoms with E-state index in [0.29, 0.717) is 28.9 Å². The van der Waals surface area contributed by atoms with Gasteiger partial charge >= 0.3 is 0 Å². The van der Waals surface area contributed by atoms with Gasteiger partial charge in [0.1, 0.15) is 5.82 Å². The van der Waals surface area contributed by atoms with Crippen molar-refractivity contribution in [2.24, 2.45) is 5.92 Å². The van der Waals surface area contributed by atoms with E-state index in [1.165, 1.54) is 45.2 Å². The van der Waals surface area contributed by atoms with E-state index in [1.807, 2.05) is 30.3 Å². The second kappa shape index (κ2) is 8.60. The number of nitrogens with zero attached hydrogens (tertiary/aromatic N) is 4. The smallest absolute Gasteiger partial charge is 0.271 e. The molecule has 0 saturated carbocycles. The van der Waals surface area contributed by atoms with Crippen LogP contribution in [0.5, 0.6) is 0 Å². The van der Waals surface area contributed by atoms with Crippen LogP contribution in [0.4, 0.5) is 5.69 Å². The van der Waals surface area contributed by atoms with Crippen molar-refractivity contribution in [1.29, 1.82) is 0 Å². The Kier molecular flexibility index (Phi) is 5.67. The van der Waals surface area contributed by atoms with Crippen molar-refractivity contribution in [2.45, 2.75) is 51.1 Å². The predicted molar refractivity (Wildman–Crippen MR) is 123 cm³/mol. The number of halogens is 1. The van der Waals surface area contributed by atoms with Gasteiger partial charge in [-0.3, -0.25) is 10.1 Å². The lowest BCUT2D eigenvalue weighted by atomic mass is 9.83. The maximum absolute atomic E-state index is 11.3. The fraction of sp³-hybridized carbons (Fsp3) is 0.458. The van der Waals surface area contributed by atoms with E-state index in [4.69, 9.17) is 16.6 Å². The summed E-state index contributed by atoms with van der Waals surface area (Å²) in [6, 6.07) is 13.6. The highest BCUT2D eigenvalue weighted by Crippen LogP contribution is 2.33. The van der Waals surface area contributed by atoms with Crippen LogP contribution in [0.1, 0.15) is 43.5 Å². The molecule has 0 radical (unpaired) electrons. The topological polar surface area (TPSA) is 64.2 Å². The molecular formula is C24H27ClN4O2. The first kappa shape index (κ1) is 20.5. The summed E-state index contributed by atoms with van der Waals surface area (Å²) in [5, 5.41) is 12.0. The van der Waals surface area contributed by atoms with Crippen molar-refractivity contribution >= 4 is 28.3 Å². The number of non-ortho nitro benzene ring substituents is 1. The average Bonchev–Trinajstić information content (AvgIpc) is 3.11. The molecule has 7 heteroatoms. The summed E-state index contributed by atoms with van der Waals surface area (Å²) in [5.41, 5.74) is 2.92. The Balaban J connectivity index is 1.52. The van der Waals surface area contributed by atoms with Gasteiger partial charge in [0.2, 0.25) is 0 Å². The molecule has 0 spiro atoms. The van der Waals surface area contributed by atoms with Crippen LogP contribution >= 0.6 is 11.6 Å². The predicted octanol–water partition coefficient (Wildman–Crippen LogP) is 5.45. The number of benzene rings is 2. The molecule has 6 nitrogen and oxygen atoms in total. The van der Waals surface area contributed by atoms with Gasteiger partial charge in [-0.05, 0) is 68.5 Å². The third-order valence-corrected chi connectivity index (χ3v) is 7.19. The summed E-state index contributed by atoms with van der Waals surface area (Å²) in [6.07, 6.45) is 7.05. The molecule has 2 fully saturated rings. The van der Waals surface area contributed by atoms with E-state index in [1.54, 1.807) is 12.1 Å². The summed E-state index contributed by atoms with van der Waals surface area (Å²) >= 11 is 6.06. The van der Waals surface area contributed by atoms with Crippen LogP contribution in [0, 0.1) is 16.0 Å². The van der Waals surface area contributed by atoms with Gasteiger partial charge in [0.25, 0.3) is 5.69 Å². The van der Waals surface area contributed by atoms with Crippen LogP contribution in [0.2, 0.25) is 5.02 Å². The largest absolute Gasteiger partial charge is 0.327 e. The van der Waals surface area contributed by atoms with Crippen molar-refractivity contribution in [3.05, 3.63) is 69.0 Å². The Morgan fingerprint density at radius 3 is 2.68 bits per heavy atom. The molecule has 1 aromatic heterocycles. The molecule has 2 aliphatic heterocycles. The van der Waals surface area contributed by atoms with Gasteiger partial charge in [0.05, 0.1) is 16.0 Å². The van der Waals surface area contributed by atoms with Crippen LogP contribution < -0.4 is 0 Å². The third-order valence-electron chi connectivity index (χ3n) is 6.94. The van der Waals surface area contributed by atoms with Crippen molar-refractivity contribution in [3.8, 4) is 0 Å². The molecule has 0 bridgehead atoms. The van der Waals surface area contributed by atoms with E-state index >= 15 is 0 Å². The first-order valence-corrected chi connectivity index (χ1v) is 11.6. The third kappa shape index (κ3) is 4.19. The number of nitro benzene ring substituents is 1. The quantitative estimate of drug-likeness (QED) is 0.392. The normalized spacial score (nSPS) is 21.8. The van der Waals surface area contributed by atoms with Gasteiger partial charge in [-0.15, -0.1) is 0 Å². The van der Waals surface area contributed by atoms with Gasteiger partial charge in [-0.1, -0.05) is 30.2 Å². The number of fused-ring (bicyclic) bond motifs is 2. The molecule has 2 saturated heterocycles. The lowest BCUT2D eigenvalue weighted by molar-refractivity contribution is -0.384. The van der Waals surface area contributed by atoms with Gasteiger partial charge in [-0.25, -0.2) is 4.98 Å². The number of hydrogen-bond donors (Lipinski definition) is 0. The lowest BCUT2D eigenvalue weighted by Crippen LogP contribution is -2.49. The van der Waals surface area contributed by atoms with Crippen LogP contribution in [0.15, 0.2) is 42.5 Å². The summed E-state index contributed by atoms with van der Waals surface area (Å²) in [4.78, 5) is 18.5. The van der Waals surface area contributed by atoms with Crippen molar-refractivity contribution in [2.75, 3.05) is 13.1 Å². The van der Waals surface area contributed by atoms with Gasteiger partial charge in [0.15, 0.2) is 0 Å². The molecule has 0 aliphatic carbocycles. The van der Waals surface area contributed by atoms with E-state index in [0.717, 1.165) is 23.4 Å². The van der Waals surface area contributed by atoms with Gasteiger partial charge in [0, 0.05) is 36.2 Å². The fourth-order valence-corrected chi connectivity index (χ4v) is 5.56. The van der Waals surface area contributed by atoms with Gasteiger partial charge < -0.3 is 9.47 Å². The minimum absolute atomic E-state index is 0.0892. The molecular weight excluding hydrogens is 412 g/mol. The minimum atomic E-state index is -0.349. The first-order valence-electron chi connectivity index (χ1n) is 11.2. The molecule has 2 atom stereocenters. The van der Waals surface area contributed by atoms with Crippen molar-refractivity contribution in [1.82, 2.24) is 14.5 Å². The zero-order valence-electron chi connectivity index (χ0n) is 17.5. The van der Waals surface area contributed by atoms with E-state index in [9.17, 15) is 10.1 Å². The highest BCUT2D eigenvalue weighted by Gasteiger charge is 2.33. The number of hydrogen-bond acceptors (Lipinski definition) is 4. The number of nitro groups is 1. The molecule has 0 N–H and O–H groups in total. The molecule has 0 amide bonds. The zero-order valence-corrected chi connectivity index (χ0v) is 18.3. The second-order valence-electron chi connectivity index (χ2n) is 8.87. The number of piperidine rings is 2. The highest BCUT2D eigenvalue weighted by atomic mass is 35.5.